The Hall–Kier alpha value is -10.2. The predicted molar refractivity (Wildman–Crippen MR) is 407 cm³/mol. The van der Waals surface area contributed by atoms with E-state index in [9.17, 15) is 24.0 Å². The minimum Gasteiger partial charge on any atom is -0.494 e. The molecule has 0 bridgehead atoms. The Morgan fingerprint density at radius 1 is 0.380 bits per heavy atom. The molecular formula is C85H94O13Si2. The van der Waals surface area contributed by atoms with Gasteiger partial charge in [0.1, 0.15) is 28.7 Å². The normalized spacial score (nSPS) is 11.0. The van der Waals surface area contributed by atoms with Crippen LogP contribution in [0.15, 0.2) is 256 Å². The highest BCUT2D eigenvalue weighted by atomic mass is 28.4. The maximum absolute atomic E-state index is 13.2. The Labute approximate surface area is 592 Å². The van der Waals surface area contributed by atoms with Crippen LogP contribution in [0.5, 0.6) is 28.7 Å². The Balaban J connectivity index is 0.000000226. The number of fused-ring (bicyclic) bond motifs is 1. The van der Waals surface area contributed by atoms with Crippen LogP contribution >= 0.6 is 0 Å². The zero-order valence-corrected chi connectivity index (χ0v) is 60.6. The summed E-state index contributed by atoms with van der Waals surface area (Å²) in [5.74, 6) is 1.90. The first kappa shape index (κ1) is 77.2. The molecule has 100 heavy (non-hydrogen) atoms. The number of hydrogen-bond acceptors (Lipinski definition) is 13. The Morgan fingerprint density at radius 3 is 1.20 bits per heavy atom. The van der Waals surface area contributed by atoms with Gasteiger partial charge in [0.05, 0.1) is 53.3 Å². The summed E-state index contributed by atoms with van der Waals surface area (Å²) < 4.78 is 44.1. The number of benzene rings is 9. The summed E-state index contributed by atoms with van der Waals surface area (Å²) in [6.45, 7) is 21.3. The van der Waals surface area contributed by atoms with Gasteiger partial charge in [-0.2, -0.15) is 0 Å². The number of hydrogen-bond donors (Lipinski definition) is 0. The van der Waals surface area contributed by atoms with E-state index in [2.05, 4.69) is 119 Å². The highest BCUT2D eigenvalue weighted by Gasteiger charge is 2.21. The fraction of sp³-hybridized carbons (Fsp3) is 0.259. The number of carbonyl (C=O) groups excluding carboxylic acids is 5. The highest BCUT2D eigenvalue weighted by molar-refractivity contribution is 6.77. The fourth-order valence-corrected chi connectivity index (χ4v) is 13.6. The lowest BCUT2D eigenvalue weighted by Crippen LogP contribution is -2.28. The van der Waals surface area contributed by atoms with E-state index < -0.39 is 34.3 Å². The van der Waals surface area contributed by atoms with E-state index in [1.54, 1.807) is 86.0 Å². The van der Waals surface area contributed by atoms with Crippen molar-refractivity contribution in [1.29, 1.82) is 0 Å². The monoisotopic (exact) mass is 1380 g/mol. The third-order valence-corrected chi connectivity index (χ3v) is 22.1. The number of rotatable bonds is 36. The van der Waals surface area contributed by atoms with E-state index in [0.717, 1.165) is 77.5 Å². The van der Waals surface area contributed by atoms with Gasteiger partial charge in [0.15, 0.2) is 19.9 Å². The van der Waals surface area contributed by atoms with Gasteiger partial charge in [-0.15, -0.1) is 0 Å². The molecule has 0 fully saturated rings. The van der Waals surface area contributed by atoms with Crippen LogP contribution in [0.2, 0.25) is 44.3 Å². The summed E-state index contributed by atoms with van der Waals surface area (Å²) in [6.07, 6.45) is 13.0. The Bertz CT molecular complexity index is 4040. The molecule has 0 saturated heterocycles. The molecule has 0 aliphatic rings. The second-order valence-corrected chi connectivity index (χ2v) is 34.8. The molecule has 9 rings (SSSR count). The summed E-state index contributed by atoms with van der Waals surface area (Å²) in [4.78, 5) is 60.7. The molecule has 0 unspecified atom stereocenters. The van der Waals surface area contributed by atoms with Crippen LogP contribution in [0.4, 0.5) is 0 Å². The van der Waals surface area contributed by atoms with E-state index in [1.807, 2.05) is 78.9 Å². The third kappa shape index (κ3) is 26.9. The van der Waals surface area contributed by atoms with Gasteiger partial charge in [-0.1, -0.05) is 167 Å². The van der Waals surface area contributed by atoms with E-state index in [0.29, 0.717) is 104 Å². The maximum atomic E-state index is 13.2. The fourth-order valence-electron chi connectivity index (χ4n) is 10.3. The molecule has 9 aromatic carbocycles. The zero-order valence-electron chi connectivity index (χ0n) is 58.6. The van der Waals surface area contributed by atoms with Crippen LogP contribution in [0.25, 0.3) is 33.0 Å². The van der Waals surface area contributed by atoms with Crippen molar-refractivity contribution in [2.24, 2.45) is 0 Å². The quantitative estimate of drug-likeness (QED) is 0.00695. The number of carbonyl (C=O) groups is 5. The second-order valence-electron chi connectivity index (χ2n) is 25.1. The van der Waals surface area contributed by atoms with Gasteiger partial charge in [-0.3, -0.25) is 9.59 Å². The van der Waals surface area contributed by atoms with Crippen LogP contribution in [0.1, 0.15) is 94.1 Å². The van der Waals surface area contributed by atoms with Gasteiger partial charge < -0.3 is 37.6 Å². The molecule has 0 radical (unpaired) electrons. The van der Waals surface area contributed by atoms with Crippen LogP contribution in [-0.2, 0) is 23.5 Å². The molecular weight excluding hydrogens is 1290 g/mol. The average Bonchev–Trinajstić information content (AvgIpc) is 0.817. The van der Waals surface area contributed by atoms with Crippen LogP contribution in [0, 0.1) is 0 Å². The molecule has 0 saturated carbocycles. The smallest absolute Gasteiger partial charge is 0.343 e. The maximum Gasteiger partial charge on any atom is 0.343 e. The molecule has 0 N–H and O–H groups in total. The lowest BCUT2D eigenvalue weighted by Gasteiger charge is -2.20. The van der Waals surface area contributed by atoms with Crippen molar-refractivity contribution in [3.63, 3.8) is 0 Å². The number of allylic oxidation sites excluding steroid dienone is 2. The van der Waals surface area contributed by atoms with E-state index in [-0.39, 0.29) is 11.6 Å². The molecule has 0 aliphatic heterocycles. The molecule has 0 aromatic heterocycles. The molecule has 0 spiro atoms. The lowest BCUT2D eigenvalue weighted by atomic mass is 9.99. The van der Waals surface area contributed by atoms with Crippen LogP contribution in [-0.4, -0.2) is 92.6 Å². The molecule has 13 nitrogen and oxygen atoms in total. The SMILES string of the molecule is C=CC(=O)OCCCCOc1ccc(C(=O)Oc2ccc3cc(C(=O)c4ccc(OCCCCOC(=O)C=C)cc4)ccc3c2)cc1.CCC=CC[Si](C)(C)CCCOc1ccc(-c2ccccc2)cc1.CO[Si](C)(C)CCCOc1ccc(C(=O)c2ccc(-c3ccccc3)cc2)cc1. The highest BCUT2D eigenvalue weighted by Crippen LogP contribution is 2.28. The van der Waals surface area contributed by atoms with Crippen molar-refractivity contribution in [2.75, 3.05) is 46.8 Å². The third-order valence-electron chi connectivity index (χ3n) is 16.3. The van der Waals surface area contributed by atoms with Gasteiger partial charge in [-0.25, -0.2) is 14.4 Å². The molecule has 520 valence electrons. The van der Waals surface area contributed by atoms with Crippen molar-refractivity contribution in [3.05, 3.63) is 284 Å². The van der Waals surface area contributed by atoms with Crippen molar-refractivity contribution < 1.29 is 61.6 Å². The summed E-state index contributed by atoms with van der Waals surface area (Å²) in [6, 6.07) is 72.1. The molecule has 0 atom stereocenters. The summed E-state index contributed by atoms with van der Waals surface area (Å²) in [5, 5.41) is 1.65. The number of ketones is 2. The molecule has 15 heteroatoms. The minimum atomic E-state index is -1.53. The van der Waals surface area contributed by atoms with Crippen LogP contribution < -0.4 is 23.7 Å². The Morgan fingerprint density at radius 2 is 0.740 bits per heavy atom. The Kier molecular flexibility index (Phi) is 31.8. The van der Waals surface area contributed by atoms with Crippen molar-refractivity contribution in [2.45, 2.75) is 96.2 Å². The van der Waals surface area contributed by atoms with Gasteiger partial charge >= 0.3 is 17.9 Å². The van der Waals surface area contributed by atoms with Gasteiger partial charge in [0, 0.05) is 41.5 Å². The first-order valence-electron chi connectivity index (χ1n) is 34.2. The largest absolute Gasteiger partial charge is 0.494 e. The summed E-state index contributed by atoms with van der Waals surface area (Å²) in [5.41, 5.74) is 7.51. The zero-order chi connectivity index (χ0) is 71.4. The lowest BCUT2D eigenvalue weighted by molar-refractivity contribution is -0.138. The van der Waals surface area contributed by atoms with Crippen molar-refractivity contribution in [1.82, 2.24) is 0 Å². The number of ether oxygens (including phenoxy) is 7. The summed E-state index contributed by atoms with van der Waals surface area (Å²) in [7, 11) is -0.836. The minimum absolute atomic E-state index is 0.0176. The number of unbranched alkanes of at least 4 members (excludes halogenated alkanes) is 2. The first-order chi connectivity index (χ1) is 48.4. The number of esters is 3. The average molecular weight is 1380 g/mol. The van der Waals surface area contributed by atoms with E-state index >= 15 is 0 Å². The van der Waals surface area contributed by atoms with Gasteiger partial charge in [-0.05, 0) is 206 Å². The van der Waals surface area contributed by atoms with E-state index in [1.165, 1.54) is 23.2 Å². The standard InChI is InChI=1S/C38H36O9.C25H28O3Si.C22H30OSi/c1-3-35(39)45-23-7-5-21-43-32-16-11-27(12-17-32)37(41)31-10-9-30-26-34(20-15-29(30)25-31)47-38(42)28-13-18-33(19-14-28)44-22-6-8-24-46-36(40)4-2;1-27-29(2,3)19-7-18-28-24-16-14-23(15-17-24)25(26)22-12-10-21(11-13-22)20-8-5-4-6-9-20;1-4-5-9-18-24(2,3)19-10-17-23-22-15-13-21(14-16-22)20-11-7-6-8-12-20/h3-4,9-20,25-26H,1-2,5-8,21-24H2;4-6,8-17H,7,18-19H2,1-3H3;5-9,11-16H,4,10,17-19H2,1-3H3. The second kappa shape index (κ2) is 41.3. The van der Waals surface area contributed by atoms with Gasteiger partial charge in [0.25, 0.3) is 0 Å². The first-order valence-corrected chi connectivity index (χ1v) is 40.7. The predicted octanol–water partition coefficient (Wildman–Crippen LogP) is 20.1. The van der Waals surface area contributed by atoms with E-state index in [4.69, 9.17) is 37.6 Å². The molecule has 0 aliphatic carbocycles. The topological polar surface area (TPSA) is 159 Å². The van der Waals surface area contributed by atoms with Gasteiger partial charge in [0.2, 0.25) is 0 Å². The molecule has 9 aromatic rings. The summed E-state index contributed by atoms with van der Waals surface area (Å²) >= 11 is 0. The van der Waals surface area contributed by atoms with Crippen molar-refractivity contribution >= 4 is 56.6 Å². The van der Waals surface area contributed by atoms with Crippen LogP contribution in [0.3, 0.4) is 0 Å². The molecule has 0 amide bonds. The molecule has 0 heterocycles. The van der Waals surface area contributed by atoms with Crippen molar-refractivity contribution in [3.8, 4) is 51.0 Å².